The van der Waals surface area contributed by atoms with Gasteiger partial charge in [0.15, 0.2) is 5.03 Å². The Hall–Kier alpha value is -0.750. The first-order valence-corrected chi connectivity index (χ1v) is 5.83. The highest BCUT2D eigenvalue weighted by atomic mass is 35.7. The van der Waals surface area contributed by atoms with E-state index in [1.807, 2.05) is 0 Å². The third-order valence-electron chi connectivity index (χ3n) is 1.53. The highest BCUT2D eigenvalue weighted by molar-refractivity contribution is 8.13. The molecule has 0 spiro atoms. The summed E-state index contributed by atoms with van der Waals surface area (Å²) in [6.07, 6.45) is -2.81. The monoisotopic (exact) mass is 241 g/mol. The number of rotatable bonds is 2. The number of pyridine rings is 1. The summed E-state index contributed by atoms with van der Waals surface area (Å²) in [4.78, 5) is 3.27. The lowest BCUT2D eigenvalue weighted by Crippen LogP contribution is -2.02. The number of halogens is 3. The van der Waals surface area contributed by atoms with Gasteiger partial charge in [-0.15, -0.1) is 0 Å². The first kappa shape index (κ1) is 11.3. The van der Waals surface area contributed by atoms with Crippen molar-refractivity contribution in [2.45, 2.75) is 18.4 Å². The molecule has 1 aromatic rings. The molecular formula is C7H6ClF2NO2S. The van der Waals surface area contributed by atoms with E-state index in [0.29, 0.717) is 0 Å². The standard InChI is InChI=1S/C7H6ClF2NO2S/c1-4-2-3-5(6(9)10)11-7(4)14(8,12)13/h2-3,6H,1H3. The molecule has 3 nitrogen and oxygen atoms in total. The van der Waals surface area contributed by atoms with Gasteiger partial charge in [0, 0.05) is 10.7 Å². The Morgan fingerprint density at radius 3 is 2.43 bits per heavy atom. The number of alkyl halides is 2. The van der Waals surface area contributed by atoms with Crippen LogP contribution in [0.5, 0.6) is 0 Å². The second-order valence-electron chi connectivity index (χ2n) is 2.60. The van der Waals surface area contributed by atoms with Crippen molar-refractivity contribution in [2.24, 2.45) is 0 Å². The van der Waals surface area contributed by atoms with E-state index in [-0.39, 0.29) is 5.56 Å². The first-order chi connectivity index (χ1) is 6.32. The molecule has 0 radical (unpaired) electrons. The molecule has 0 aromatic carbocycles. The fourth-order valence-electron chi connectivity index (χ4n) is 0.893. The smallest absolute Gasteiger partial charge is 0.234 e. The van der Waals surface area contributed by atoms with Gasteiger partial charge in [-0.05, 0) is 18.6 Å². The minimum Gasteiger partial charge on any atom is -0.234 e. The molecule has 0 aliphatic rings. The zero-order chi connectivity index (χ0) is 10.9. The number of aromatic nitrogens is 1. The Balaban J connectivity index is 3.37. The Bertz CT molecular complexity index is 447. The average Bonchev–Trinajstić information content (AvgIpc) is 2.02. The molecule has 0 amide bonds. The van der Waals surface area contributed by atoms with Gasteiger partial charge in [-0.1, -0.05) is 6.07 Å². The van der Waals surface area contributed by atoms with Crippen molar-refractivity contribution >= 4 is 19.7 Å². The van der Waals surface area contributed by atoms with Crippen LogP contribution in [0, 0.1) is 6.92 Å². The van der Waals surface area contributed by atoms with Crippen LogP contribution in [0.4, 0.5) is 8.78 Å². The van der Waals surface area contributed by atoms with Gasteiger partial charge in [0.1, 0.15) is 5.69 Å². The lowest BCUT2D eigenvalue weighted by atomic mass is 10.3. The van der Waals surface area contributed by atoms with E-state index < -0.39 is 26.2 Å². The summed E-state index contributed by atoms with van der Waals surface area (Å²) in [7, 11) is 0.944. The summed E-state index contributed by atoms with van der Waals surface area (Å²) in [5, 5.41) is -0.517. The quantitative estimate of drug-likeness (QED) is 0.746. The molecular weight excluding hydrogens is 236 g/mol. The molecule has 0 aliphatic carbocycles. The van der Waals surface area contributed by atoms with Crippen molar-refractivity contribution < 1.29 is 17.2 Å². The molecule has 1 heterocycles. The molecule has 0 aliphatic heterocycles. The molecule has 0 fully saturated rings. The molecule has 0 bridgehead atoms. The lowest BCUT2D eigenvalue weighted by Gasteiger charge is -2.03. The zero-order valence-corrected chi connectivity index (χ0v) is 8.61. The highest BCUT2D eigenvalue weighted by Crippen LogP contribution is 2.22. The van der Waals surface area contributed by atoms with Gasteiger partial charge in [-0.25, -0.2) is 22.2 Å². The van der Waals surface area contributed by atoms with E-state index >= 15 is 0 Å². The Kier molecular flexibility index (Phi) is 3.06. The normalized spacial score (nSPS) is 12.1. The van der Waals surface area contributed by atoms with Gasteiger partial charge >= 0.3 is 0 Å². The van der Waals surface area contributed by atoms with Crippen molar-refractivity contribution in [1.82, 2.24) is 4.98 Å². The van der Waals surface area contributed by atoms with Crippen molar-refractivity contribution in [3.05, 3.63) is 23.4 Å². The summed E-state index contributed by atoms with van der Waals surface area (Å²) < 4.78 is 46.1. The van der Waals surface area contributed by atoms with Crippen molar-refractivity contribution in [3.63, 3.8) is 0 Å². The second-order valence-corrected chi connectivity index (χ2v) is 5.08. The largest absolute Gasteiger partial charge is 0.280 e. The van der Waals surface area contributed by atoms with Gasteiger partial charge in [-0.2, -0.15) is 0 Å². The van der Waals surface area contributed by atoms with E-state index in [0.717, 1.165) is 6.07 Å². The van der Waals surface area contributed by atoms with Gasteiger partial charge in [0.2, 0.25) is 0 Å². The van der Waals surface area contributed by atoms with Crippen molar-refractivity contribution in [1.29, 1.82) is 0 Å². The molecule has 0 atom stereocenters. The highest BCUT2D eigenvalue weighted by Gasteiger charge is 2.18. The van der Waals surface area contributed by atoms with Gasteiger partial charge < -0.3 is 0 Å². The van der Waals surface area contributed by atoms with Crippen LogP contribution in [0.3, 0.4) is 0 Å². The minimum atomic E-state index is -4.06. The number of hydrogen-bond donors (Lipinski definition) is 0. The predicted molar refractivity (Wildman–Crippen MR) is 47.0 cm³/mol. The fourth-order valence-corrected chi connectivity index (χ4v) is 2.03. The third kappa shape index (κ3) is 2.39. The van der Waals surface area contributed by atoms with Crippen molar-refractivity contribution in [2.75, 3.05) is 0 Å². The van der Waals surface area contributed by atoms with E-state index in [9.17, 15) is 17.2 Å². The number of hydrogen-bond acceptors (Lipinski definition) is 3. The molecule has 7 heteroatoms. The Morgan fingerprint density at radius 1 is 1.43 bits per heavy atom. The van der Waals surface area contributed by atoms with Gasteiger partial charge in [0.25, 0.3) is 15.5 Å². The van der Waals surface area contributed by atoms with Crippen LogP contribution in [0.2, 0.25) is 0 Å². The molecule has 0 saturated carbocycles. The minimum absolute atomic E-state index is 0.240. The van der Waals surface area contributed by atoms with E-state index in [1.165, 1.54) is 13.0 Å². The first-order valence-electron chi connectivity index (χ1n) is 3.52. The molecule has 1 aromatic heterocycles. The van der Waals surface area contributed by atoms with E-state index in [1.54, 1.807) is 0 Å². The third-order valence-corrected chi connectivity index (χ3v) is 2.84. The van der Waals surface area contributed by atoms with E-state index in [2.05, 4.69) is 4.98 Å². The van der Waals surface area contributed by atoms with Crippen LogP contribution in [-0.4, -0.2) is 13.4 Å². The SMILES string of the molecule is Cc1ccc(C(F)F)nc1S(=O)(=O)Cl. The topological polar surface area (TPSA) is 47.0 Å². The zero-order valence-electron chi connectivity index (χ0n) is 7.04. The van der Waals surface area contributed by atoms with E-state index in [4.69, 9.17) is 10.7 Å². The van der Waals surface area contributed by atoms with Gasteiger partial charge in [0.05, 0.1) is 0 Å². The molecule has 14 heavy (non-hydrogen) atoms. The summed E-state index contributed by atoms with van der Waals surface area (Å²) >= 11 is 0. The summed E-state index contributed by atoms with van der Waals surface area (Å²) in [6, 6.07) is 2.30. The van der Waals surface area contributed by atoms with Gasteiger partial charge in [-0.3, -0.25) is 0 Å². The molecule has 0 saturated heterocycles. The Labute approximate surface area is 84.1 Å². The summed E-state index contributed by atoms with van der Waals surface area (Å²) in [5.74, 6) is 0. The molecule has 0 N–H and O–H groups in total. The average molecular weight is 242 g/mol. The Morgan fingerprint density at radius 2 is 2.00 bits per heavy atom. The maximum atomic E-state index is 12.2. The van der Waals surface area contributed by atoms with Crippen LogP contribution in [0.15, 0.2) is 17.2 Å². The maximum absolute atomic E-state index is 12.2. The summed E-state index contributed by atoms with van der Waals surface area (Å²) in [5.41, 5.74) is -0.362. The van der Waals surface area contributed by atoms with Crippen LogP contribution in [0.1, 0.15) is 17.7 Å². The number of aryl methyl sites for hydroxylation is 1. The molecule has 78 valence electrons. The summed E-state index contributed by atoms with van der Waals surface area (Å²) in [6.45, 7) is 1.43. The van der Waals surface area contributed by atoms with Crippen LogP contribution in [0.25, 0.3) is 0 Å². The van der Waals surface area contributed by atoms with Crippen LogP contribution in [-0.2, 0) is 9.05 Å². The predicted octanol–water partition coefficient (Wildman–Crippen LogP) is 2.26. The second kappa shape index (κ2) is 3.78. The van der Waals surface area contributed by atoms with Crippen molar-refractivity contribution in [3.8, 4) is 0 Å². The number of nitrogens with zero attached hydrogens (tertiary/aromatic N) is 1. The van der Waals surface area contributed by atoms with Crippen LogP contribution >= 0.6 is 10.7 Å². The maximum Gasteiger partial charge on any atom is 0.280 e. The lowest BCUT2D eigenvalue weighted by molar-refractivity contribution is 0.145. The molecule has 1 rings (SSSR count). The molecule has 0 unspecified atom stereocenters. The fraction of sp³-hybridized carbons (Fsp3) is 0.286. The van der Waals surface area contributed by atoms with Crippen LogP contribution < -0.4 is 0 Å².